The van der Waals surface area contributed by atoms with Crippen molar-refractivity contribution in [1.29, 1.82) is 0 Å². The molecule has 0 radical (unpaired) electrons. The molecule has 0 saturated heterocycles. The molecule has 2 N–H and O–H groups in total. The minimum absolute atomic E-state index is 0.463. The Kier molecular flexibility index (Phi) is 10.4. The lowest BCUT2D eigenvalue weighted by atomic mass is 9.94. The van der Waals surface area contributed by atoms with Crippen LogP contribution in [0.25, 0.3) is 0 Å². The van der Waals surface area contributed by atoms with E-state index in [4.69, 9.17) is 9.72 Å². The lowest BCUT2D eigenvalue weighted by Crippen LogP contribution is -2.34. The molecule has 0 atom stereocenters. The molecule has 1 heterocycles. The number of rotatable bonds is 14. The highest BCUT2D eigenvalue weighted by atomic mass is 16.5. The molecule has 1 saturated carbocycles. The molecule has 7 heteroatoms. The van der Waals surface area contributed by atoms with E-state index in [1.807, 2.05) is 31.3 Å². The SMILES string of the molecule is C=Nc1c(NC)nc(Nc2ccc(OCCCCCCCC)cc2)nc1N(C)C1CCCCC1. The van der Waals surface area contributed by atoms with Gasteiger partial charge in [0.15, 0.2) is 11.6 Å². The molecule has 0 spiro atoms. The Morgan fingerprint density at radius 2 is 1.74 bits per heavy atom. The zero-order valence-corrected chi connectivity index (χ0v) is 21.3. The Bertz CT molecular complexity index is 879. The van der Waals surface area contributed by atoms with Gasteiger partial charge in [-0.25, -0.2) is 0 Å². The van der Waals surface area contributed by atoms with Crippen LogP contribution in [0.1, 0.15) is 77.6 Å². The highest BCUT2D eigenvalue weighted by Gasteiger charge is 2.24. The van der Waals surface area contributed by atoms with Crippen molar-refractivity contribution in [3.05, 3.63) is 24.3 Å². The first-order chi connectivity index (χ1) is 16.7. The van der Waals surface area contributed by atoms with Gasteiger partial charge in [0.2, 0.25) is 5.95 Å². The van der Waals surface area contributed by atoms with Crippen molar-refractivity contribution >= 4 is 35.7 Å². The number of nitrogens with zero attached hydrogens (tertiary/aromatic N) is 4. The third-order valence-corrected chi connectivity index (χ3v) is 6.59. The molecule has 1 aromatic carbocycles. The molecular formula is C27H42N6O. The highest BCUT2D eigenvalue weighted by Crippen LogP contribution is 2.37. The molecule has 1 aliphatic carbocycles. The van der Waals surface area contributed by atoms with Gasteiger partial charge >= 0.3 is 0 Å². The van der Waals surface area contributed by atoms with E-state index in [-0.39, 0.29) is 0 Å². The fraction of sp³-hybridized carbons (Fsp3) is 0.593. The van der Waals surface area contributed by atoms with Crippen LogP contribution in [0.3, 0.4) is 0 Å². The largest absolute Gasteiger partial charge is 0.494 e. The first-order valence-corrected chi connectivity index (χ1v) is 13.0. The number of nitrogens with one attached hydrogen (secondary N) is 2. The minimum atomic E-state index is 0.463. The van der Waals surface area contributed by atoms with Gasteiger partial charge in [-0.2, -0.15) is 9.97 Å². The molecule has 0 aliphatic heterocycles. The zero-order valence-electron chi connectivity index (χ0n) is 21.3. The molecular weight excluding hydrogens is 424 g/mol. The number of hydrogen-bond acceptors (Lipinski definition) is 7. The van der Waals surface area contributed by atoms with Crippen molar-refractivity contribution in [1.82, 2.24) is 9.97 Å². The van der Waals surface area contributed by atoms with Gasteiger partial charge in [0.1, 0.15) is 11.4 Å². The van der Waals surface area contributed by atoms with Crippen molar-refractivity contribution in [3.63, 3.8) is 0 Å². The maximum absolute atomic E-state index is 5.91. The van der Waals surface area contributed by atoms with Gasteiger partial charge in [0.25, 0.3) is 0 Å². The number of aliphatic imine (C=N–C) groups is 1. The molecule has 0 amide bonds. The fourth-order valence-corrected chi connectivity index (χ4v) is 4.54. The van der Waals surface area contributed by atoms with E-state index in [0.29, 0.717) is 23.5 Å². The van der Waals surface area contributed by atoms with Gasteiger partial charge in [0.05, 0.1) is 6.61 Å². The summed E-state index contributed by atoms with van der Waals surface area (Å²) in [4.78, 5) is 16.0. The summed E-state index contributed by atoms with van der Waals surface area (Å²) in [6.45, 7) is 6.78. The maximum atomic E-state index is 5.91. The van der Waals surface area contributed by atoms with Crippen molar-refractivity contribution in [2.45, 2.75) is 83.6 Å². The Morgan fingerprint density at radius 1 is 1.03 bits per heavy atom. The van der Waals surface area contributed by atoms with E-state index in [9.17, 15) is 0 Å². The first-order valence-electron chi connectivity index (χ1n) is 13.0. The van der Waals surface area contributed by atoms with Gasteiger partial charge in [-0.1, -0.05) is 58.3 Å². The van der Waals surface area contributed by atoms with E-state index >= 15 is 0 Å². The molecule has 1 aromatic heterocycles. The zero-order chi connectivity index (χ0) is 24.2. The van der Waals surface area contributed by atoms with Gasteiger partial charge in [-0.3, -0.25) is 4.99 Å². The standard InChI is InChI=1S/C27H42N6O/c1-5-6-7-8-9-13-20-34-23-18-16-21(17-19-23)30-27-31-25(29-3)24(28-2)26(32-27)33(4)22-14-11-10-12-15-22/h16-19,22H,2,5-15,20H2,1,3-4H3,(H2,29,30,31,32). The number of benzene rings is 1. The lowest BCUT2D eigenvalue weighted by Gasteiger charge is -2.33. The summed E-state index contributed by atoms with van der Waals surface area (Å²) in [6, 6.07) is 8.46. The normalized spacial score (nSPS) is 14.0. The lowest BCUT2D eigenvalue weighted by molar-refractivity contribution is 0.304. The minimum Gasteiger partial charge on any atom is -0.494 e. The molecule has 7 nitrogen and oxygen atoms in total. The second-order valence-corrected chi connectivity index (χ2v) is 9.14. The van der Waals surface area contributed by atoms with E-state index in [1.165, 1.54) is 64.2 Å². The average molecular weight is 467 g/mol. The second kappa shape index (κ2) is 13.8. The summed E-state index contributed by atoms with van der Waals surface area (Å²) in [7, 11) is 3.95. The third-order valence-electron chi connectivity index (χ3n) is 6.59. The van der Waals surface area contributed by atoms with Crippen LogP contribution in [0.5, 0.6) is 5.75 Å². The topological polar surface area (TPSA) is 74.7 Å². The van der Waals surface area contributed by atoms with Crippen molar-refractivity contribution in [3.8, 4) is 5.75 Å². The van der Waals surface area contributed by atoms with Gasteiger partial charge < -0.3 is 20.3 Å². The highest BCUT2D eigenvalue weighted by molar-refractivity contribution is 5.78. The summed E-state index contributed by atoms with van der Waals surface area (Å²) >= 11 is 0. The summed E-state index contributed by atoms with van der Waals surface area (Å²) < 4.78 is 5.91. The van der Waals surface area contributed by atoms with E-state index in [1.54, 1.807) is 0 Å². The van der Waals surface area contributed by atoms with Crippen LogP contribution in [0.2, 0.25) is 0 Å². The Balaban J connectivity index is 1.63. The maximum Gasteiger partial charge on any atom is 0.231 e. The Labute approximate surface area is 205 Å². The fourth-order valence-electron chi connectivity index (χ4n) is 4.54. The number of ether oxygens (including phenoxy) is 1. The molecule has 1 aliphatic rings. The van der Waals surface area contributed by atoms with Crippen LogP contribution < -0.4 is 20.3 Å². The number of hydrogen-bond donors (Lipinski definition) is 2. The Morgan fingerprint density at radius 3 is 2.41 bits per heavy atom. The van der Waals surface area contributed by atoms with Crippen LogP contribution in [0, 0.1) is 0 Å². The van der Waals surface area contributed by atoms with E-state index < -0.39 is 0 Å². The van der Waals surface area contributed by atoms with Crippen molar-refractivity contribution in [2.75, 3.05) is 36.2 Å². The molecule has 0 bridgehead atoms. The van der Waals surface area contributed by atoms with E-state index in [2.05, 4.69) is 46.2 Å². The predicted molar refractivity (Wildman–Crippen MR) is 145 cm³/mol. The first kappa shape index (κ1) is 25.8. The van der Waals surface area contributed by atoms with Crippen molar-refractivity contribution in [2.24, 2.45) is 4.99 Å². The molecule has 186 valence electrons. The predicted octanol–water partition coefficient (Wildman–Crippen LogP) is 7.10. The third kappa shape index (κ3) is 7.34. The molecule has 0 unspecified atom stereocenters. The van der Waals surface area contributed by atoms with Crippen LogP contribution in [0.4, 0.5) is 29.0 Å². The van der Waals surface area contributed by atoms with Gasteiger partial charge in [0, 0.05) is 25.8 Å². The Hall–Kier alpha value is -2.83. The van der Waals surface area contributed by atoms with Gasteiger partial charge in [-0.05, 0) is 50.2 Å². The van der Waals surface area contributed by atoms with Crippen molar-refractivity contribution < 1.29 is 4.74 Å². The van der Waals surface area contributed by atoms with Gasteiger partial charge in [-0.15, -0.1) is 0 Å². The van der Waals surface area contributed by atoms with E-state index in [0.717, 1.165) is 30.3 Å². The van der Waals surface area contributed by atoms with Crippen LogP contribution in [0.15, 0.2) is 29.3 Å². The monoisotopic (exact) mass is 466 g/mol. The second-order valence-electron chi connectivity index (χ2n) is 9.14. The smallest absolute Gasteiger partial charge is 0.231 e. The number of unbranched alkanes of at least 4 members (excludes halogenated alkanes) is 5. The number of aromatic nitrogens is 2. The quantitative estimate of drug-likeness (QED) is 0.228. The van der Waals surface area contributed by atoms with Crippen LogP contribution in [-0.2, 0) is 0 Å². The molecule has 1 fully saturated rings. The molecule has 34 heavy (non-hydrogen) atoms. The number of anilines is 4. The summed E-state index contributed by atoms with van der Waals surface area (Å²) in [5, 5.41) is 6.50. The van der Waals surface area contributed by atoms with Crippen LogP contribution >= 0.6 is 0 Å². The summed E-state index contributed by atoms with van der Waals surface area (Å²) in [6.07, 6.45) is 13.8. The molecule has 3 rings (SSSR count). The average Bonchev–Trinajstić information content (AvgIpc) is 2.88. The summed E-state index contributed by atoms with van der Waals surface area (Å²) in [5.41, 5.74) is 1.61. The van der Waals surface area contributed by atoms with Crippen LogP contribution in [-0.4, -0.2) is 43.4 Å². The molecule has 2 aromatic rings. The summed E-state index contributed by atoms with van der Waals surface area (Å²) in [5.74, 6) is 2.90.